The fourth-order valence-electron chi connectivity index (χ4n) is 3.00. The van der Waals surface area contributed by atoms with Crippen molar-refractivity contribution in [2.24, 2.45) is 5.41 Å². The van der Waals surface area contributed by atoms with Crippen LogP contribution in [0.25, 0.3) is 0 Å². The maximum atomic E-state index is 12.6. The van der Waals surface area contributed by atoms with Crippen molar-refractivity contribution in [3.8, 4) is 0 Å². The monoisotopic (exact) mass is 416 g/mol. The molecule has 7 heteroatoms. The second kappa shape index (κ2) is 11.8. The van der Waals surface area contributed by atoms with Gasteiger partial charge < -0.3 is 9.47 Å². The normalized spacial score (nSPS) is 11.9. The average molecular weight is 416 g/mol. The van der Waals surface area contributed by atoms with E-state index in [4.69, 9.17) is 9.47 Å². The maximum absolute atomic E-state index is 12.6. The molecule has 0 radical (unpaired) electrons. The molecule has 0 N–H and O–H groups in total. The Morgan fingerprint density at radius 3 is 1.90 bits per heavy atom. The van der Waals surface area contributed by atoms with Crippen LogP contribution in [0.2, 0.25) is 0 Å². The van der Waals surface area contributed by atoms with Crippen molar-refractivity contribution in [3.05, 3.63) is 35.4 Å². The molecule has 0 aromatic heterocycles. The molecule has 0 atom stereocenters. The highest BCUT2D eigenvalue weighted by Gasteiger charge is 2.45. The van der Waals surface area contributed by atoms with E-state index in [1.807, 2.05) is 0 Å². The molecule has 1 aromatic carbocycles. The number of halogens is 3. The number of carbonyl (C=O) groups excluding carboxylic acids is 2. The summed E-state index contributed by atoms with van der Waals surface area (Å²) < 4.78 is 48.5. The molecule has 0 aliphatic carbocycles. The molecule has 0 aliphatic heterocycles. The molecule has 1 aromatic rings. The van der Waals surface area contributed by atoms with Gasteiger partial charge in [0.25, 0.3) is 0 Å². The molecular formula is C22H31F3O4. The summed E-state index contributed by atoms with van der Waals surface area (Å²) in [7, 11) is 0. The zero-order valence-electron chi connectivity index (χ0n) is 17.4. The molecule has 0 heterocycles. The second-order valence-corrected chi connectivity index (χ2v) is 7.11. The minimum atomic E-state index is -4.42. The molecule has 4 nitrogen and oxygen atoms in total. The number of rotatable bonds is 12. The number of hydrogen-bond acceptors (Lipinski definition) is 4. The summed E-state index contributed by atoms with van der Waals surface area (Å²) in [6.07, 6.45) is 1.08. The SMILES string of the molecule is CCCCCCCOC(=O)C(CC)(CC)C(=O)OCc1ccc(C(F)(F)F)cc1. The van der Waals surface area contributed by atoms with Crippen LogP contribution in [0.3, 0.4) is 0 Å². The van der Waals surface area contributed by atoms with Crippen molar-refractivity contribution in [1.29, 1.82) is 0 Å². The van der Waals surface area contributed by atoms with Gasteiger partial charge in [-0.05, 0) is 37.0 Å². The van der Waals surface area contributed by atoms with Gasteiger partial charge in [0.05, 0.1) is 12.2 Å². The molecule has 0 saturated heterocycles. The summed E-state index contributed by atoms with van der Waals surface area (Å²) in [4.78, 5) is 25.2. The van der Waals surface area contributed by atoms with Crippen LogP contribution >= 0.6 is 0 Å². The lowest BCUT2D eigenvalue weighted by atomic mass is 9.82. The predicted molar refractivity (Wildman–Crippen MR) is 104 cm³/mol. The number of esters is 2. The van der Waals surface area contributed by atoms with E-state index in [1.54, 1.807) is 13.8 Å². The third-order valence-corrected chi connectivity index (χ3v) is 5.12. The van der Waals surface area contributed by atoms with Gasteiger partial charge in [-0.1, -0.05) is 58.6 Å². The Labute approximate surface area is 170 Å². The summed E-state index contributed by atoms with van der Waals surface area (Å²) in [6, 6.07) is 4.38. The quantitative estimate of drug-likeness (QED) is 0.236. The molecule has 0 fully saturated rings. The Balaban J connectivity index is 2.64. The highest BCUT2D eigenvalue weighted by Crippen LogP contribution is 2.31. The maximum Gasteiger partial charge on any atom is 0.416 e. The lowest BCUT2D eigenvalue weighted by Gasteiger charge is -2.27. The van der Waals surface area contributed by atoms with Crippen LogP contribution in [0.4, 0.5) is 13.2 Å². The number of unbranched alkanes of at least 4 members (excludes halogenated alkanes) is 4. The number of carbonyl (C=O) groups is 2. The zero-order valence-corrected chi connectivity index (χ0v) is 17.4. The van der Waals surface area contributed by atoms with Crippen molar-refractivity contribution in [2.45, 2.75) is 78.5 Å². The minimum absolute atomic E-state index is 0.205. The van der Waals surface area contributed by atoms with E-state index in [0.29, 0.717) is 5.56 Å². The smallest absolute Gasteiger partial charge is 0.416 e. The third kappa shape index (κ3) is 7.37. The fourth-order valence-corrected chi connectivity index (χ4v) is 3.00. The Morgan fingerprint density at radius 1 is 0.828 bits per heavy atom. The second-order valence-electron chi connectivity index (χ2n) is 7.11. The first kappa shape index (κ1) is 25.0. The first-order valence-electron chi connectivity index (χ1n) is 10.2. The average Bonchev–Trinajstić information content (AvgIpc) is 2.70. The van der Waals surface area contributed by atoms with Crippen LogP contribution in [-0.2, 0) is 31.8 Å². The zero-order chi connectivity index (χ0) is 21.9. The van der Waals surface area contributed by atoms with Gasteiger partial charge in [-0.3, -0.25) is 9.59 Å². The van der Waals surface area contributed by atoms with Crippen molar-refractivity contribution in [2.75, 3.05) is 6.61 Å². The van der Waals surface area contributed by atoms with Crippen molar-refractivity contribution in [1.82, 2.24) is 0 Å². The van der Waals surface area contributed by atoms with Gasteiger partial charge in [0.15, 0.2) is 5.41 Å². The standard InChI is InChI=1S/C22H31F3O4/c1-4-7-8-9-10-15-28-19(26)21(5-2,6-3)20(27)29-16-17-11-13-18(14-12-17)22(23,24)25/h11-14H,4-10,15-16H2,1-3H3. The van der Waals surface area contributed by atoms with Gasteiger partial charge in [0, 0.05) is 0 Å². The summed E-state index contributed by atoms with van der Waals surface area (Å²) in [5, 5.41) is 0. The van der Waals surface area contributed by atoms with E-state index in [1.165, 1.54) is 12.1 Å². The van der Waals surface area contributed by atoms with Crippen molar-refractivity contribution >= 4 is 11.9 Å². The van der Waals surface area contributed by atoms with Gasteiger partial charge >= 0.3 is 18.1 Å². The van der Waals surface area contributed by atoms with Gasteiger partial charge in [0.2, 0.25) is 0 Å². The van der Waals surface area contributed by atoms with Crippen molar-refractivity contribution < 1.29 is 32.2 Å². The lowest BCUT2D eigenvalue weighted by molar-refractivity contribution is -0.174. The van der Waals surface area contributed by atoms with Crippen molar-refractivity contribution in [3.63, 3.8) is 0 Å². The Kier molecular flexibility index (Phi) is 10.2. The molecule has 164 valence electrons. The van der Waals surface area contributed by atoms with Gasteiger partial charge in [-0.2, -0.15) is 13.2 Å². The molecule has 0 aliphatic rings. The largest absolute Gasteiger partial charge is 0.465 e. The van der Waals surface area contributed by atoms with Gasteiger partial charge in [0.1, 0.15) is 6.61 Å². The summed E-state index contributed by atoms with van der Waals surface area (Å²) in [6.45, 7) is 5.60. The summed E-state index contributed by atoms with van der Waals surface area (Å²) in [5.41, 5.74) is -1.75. The predicted octanol–water partition coefficient (Wildman–Crippen LogP) is 6.07. The third-order valence-electron chi connectivity index (χ3n) is 5.12. The summed E-state index contributed by atoms with van der Waals surface area (Å²) >= 11 is 0. The topological polar surface area (TPSA) is 52.6 Å². The van der Waals surface area contributed by atoms with Crippen LogP contribution in [-0.4, -0.2) is 18.5 Å². The number of alkyl halides is 3. The van der Waals surface area contributed by atoms with Gasteiger partial charge in [-0.25, -0.2) is 0 Å². The van der Waals surface area contributed by atoms with E-state index < -0.39 is 29.1 Å². The Morgan fingerprint density at radius 2 is 1.38 bits per heavy atom. The minimum Gasteiger partial charge on any atom is -0.465 e. The van der Waals surface area contributed by atoms with Crippen LogP contribution < -0.4 is 0 Å². The molecule has 1 rings (SSSR count). The fraction of sp³-hybridized carbons (Fsp3) is 0.636. The highest BCUT2D eigenvalue weighted by atomic mass is 19.4. The lowest BCUT2D eigenvalue weighted by Crippen LogP contribution is -2.41. The van der Waals surface area contributed by atoms with E-state index in [0.717, 1.165) is 44.2 Å². The van der Waals surface area contributed by atoms with Crippen LogP contribution in [0.5, 0.6) is 0 Å². The molecule has 0 saturated carbocycles. The van der Waals surface area contributed by atoms with Crippen LogP contribution in [0.1, 0.15) is 76.8 Å². The van der Waals surface area contributed by atoms with Gasteiger partial charge in [-0.15, -0.1) is 0 Å². The Bertz CT molecular complexity index is 634. The molecule has 0 unspecified atom stereocenters. The number of ether oxygens (including phenoxy) is 2. The Hall–Kier alpha value is -2.05. The molecule has 29 heavy (non-hydrogen) atoms. The molecular weight excluding hydrogens is 385 g/mol. The molecule has 0 spiro atoms. The molecule has 0 amide bonds. The van der Waals surface area contributed by atoms with E-state index in [9.17, 15) is 22.8 Å². The first-order valence-corrected chi connectivity index (χ1v) is 10.2. The van der Waals surface area contributed by atoms with E-state index >= 15 is 0 Å². The first-order chi connectivity index (χ1) is 13.7. The number of hydrogen-bond donors (Lipinski definition) is 0. The highest BCUT2D eigenvalue weighted by molar-refractivity contribution is 5.99. The van der Waals surface area contributed by atoms with Crippen LogP contribution in [0, 0.1) is 5.41 Å². The summed E-state index contributed by atoms with van der Waals surface area (Å²) in [5.74, 6) is -1.31. The number of benzene rings is 1. The molecule has 0 bridgehead atoms. The van der Waals surface area contributed by atoms with Crippen LogP contribution in [0.15, 0.2) is 24.3 Å². The van der Waals surface area contributed by atoms with E-state index in [-0.39, 0.29) is 26.1 Å². The van der Waals surface area contributed by atoms with E-state index in [2.05, 4.69) is 6.92 Å².